The third-order valence-electron chi connectivity index (χ3n) is 5.12. The van der Waals surface area contributed by atoms with Gasteiger partial charge in [0, 0.05) is 19.1 Å². The van der Waals surface area contributed by atoms with Gasteiger partial charge in [-0.15, -0.1) is 0 Å². The summed E-state index contributed by atoms with van der Waals surface area (Å²) in [6.07, 6.45) is 3.76. The molecule has 1 unspecified atom stereocenters. The minimum Gasteiger partial charge on any atom is -0.493 e. The van der Waals surface area contributed by atoms with Crippen molar-refractivity contribution in [3.05, 3.63) is 17.7 Å². The molecule has 1 aliphatic heterocycles. The molecule has 28 heavy (non-hydrogen) atoms. The van der Waals surface area contributed by atoms with E-state index in [0.717, 1.165) is 31.0 Å². The van der Waals surface area contributed by atoms with Crippen molar-refractivity contribution in [2.24, 2.45) is 4.99 Å². The van der Waals surface area contributed by atoms with Crippen molar-refractivity contribution in [1.29, 1.82) is 0 Å². The van der Waals surface area contributed by atoms with E-state index in [2.05, 4.69) is 29.4 Å². The second kappa shape index (κ2) is 11.6. The first kappa shape index (κ1) is 22.1. The Hall–Kier alpha value is -2.15. The van der Waals surface area contributed by atoms with Crippen molar-refractivity contribution in [2.75, 3.05) is 47.5 Å². The summed E-state index contributed by atoms with van der Waals surface area (Å²) >= 11 is 0. The molecule has 7 nitrogen and oxygen atoms in total. The summed E-state index contributed by atoms with van der Waals surface area (Å²) in [5.41, 5.74) is 0.998. The second-order valence-electron chi connectivity index (χ2n) is 6.91. The van der Waals surface area contributed by atoms with Crippen molar-refractivity contribution < 1.29 is 14.2 Å². The van der Waals surface area contributed by atoms with Crippen molar-refractivity contribution in [2.45, 2.75) is 45.7 Å². The molecule has 1 atom stereocenters. The standard InChI is InChI=1S/C21H36N4O3/c1-6-17(25-10-8-9-11-25)15-24-21(22-7-2)23-14-16-12-18(26-3)20(28-5)19(13-16)27-4/h12-13,17H,6-11,14-15H2,1-5H3,(H2,22,23,24). The molecule has 0 saturated carbocycles. The molecule has 2 rings (SSSR count). The fourth-order valence-electron chi connectivity index (χ4n) is 3.59. The summed E-state index contributed by atoms with van der Waals surface area (Å²) in [7, 11) is 4.86. The average molecular weight is 393 g/mol. The normalized spacial score (nSPS) is 16.0. The second-order valence-corrected chi connectivity index (χ2v) is 6.91. The molecule has 158 valence electrons. The van der Waals surface area contributed by atoms with Crippen LogP contribution in [0, 0.1) is 0 Å². The number of aliphatic imine (C=N–C) groups is 1. The number of nitrogens with one attached hydrogen (secondary N) is 2. The molecule has 0 amide bonds. The van der Waals surface area contributed by atoms with Crippen LogP contribution >= 0.6 is 0 Å². The first-order chi connectivity index (χ1) is 13.7. The van der Waals surface area contributed by atoms with E-state index in [1.54, 1.807) is 21.3 Å². The van der Waals surface area contributed by atoms with Gasteiger partial charge >= 0.3 is 0 Å². The molecule has 1 aromatic rings. The predicted octanol–water partition coefficient (Wildman–Crippen LogP) is 2.64. The zero-order valence-electron chi connectivity index (χ0n) is 18.0. The van der Waals surface area contributed by atoms with E-state index in [1.807, 2.05) is 12.1 Å². The lowest BCUT2D eigenvalue weighted by Crippen LogP contribution is -2.46. The highest BCUT2D eigenvalue weighted by molar-refractivity contribution is 5.79. The third-order valence-corrected chi connectivity index (χ3v) is 5.12. The Balaban J connectivity index is 2.07. The number of rotatable bonds is 10. The molecule has 1 aromatic carbocycles. The zero-order valence-corrected chi connectivity index (χ0v) is 18.0. The van der Waals surface area contributed by atoms with Crippen LogP contribution in [-0.4, -0.2) is 64.4 Å². The van der Waals surface area contributed by atoms with Gasteiger partial charge in [-0.1, -0.05) is 6.92 Å². The van der Waals surface area contributed by atoms with Crippen LogP contribution in [0.5, 0.6) is 17.2 Å². The molecule has 0 radical (unpaired) electrons. The Morgan fingerprint density at radius 1 is 1.04 bits per heavy atom. The van der Waals surface area contributed by atoms with Crippen molar-refractivity contribution >= 4 is 5.96 Å². The van der Waals surface area contributed by atoms with Crippen LogP contribution in [0.15, 0.2) is 17.1 Å². The molecular formula is C21H36N4O3. The highest BCUT2D eigenvalue weighted by Gasteiger charge is 2.20. The predicted molar refractivity (Wildman–Crippen MR) is 114 cm³/mol. The Bertz CT molecular complexity index is 605. The SMILES string of the molecule is CCNC(=NCc1cc(OC)c(OC)c(OC)c1)NCC(CC)N1CCCC1. The number of methoxy groups -OCH3 is 3. The van der Waals surface area contributed by atoms with Crippen molar-refractivity contribution in [1.82, 2.24) is 15.5 Å². The van der Waals surface area contributed by atoms with Gasteiger partial charge < -0.3 is 24.8 Å². The molecule has 1 aliphatic rings. The molecule has 0 aromatic heterocycles. The van der Waals surface area contributed by atoms with E-state index < -0.39 is 0 Å². The lowest BCUT2D eigenvalue weighted by atomic mass is 10.2. The van der Waals surface area contributed by atoms with Gasteiger partial charge in [0.05, 0.1) is 27.9 Å². The Morgan fingerprint density at radius 2 is 1.68 bits per heavy atom. The van der Waals surface area contributed by atoms with Gasteiger partial charge in [0.2, 0.25) is 5.75 Å². The summed E-state index contributed by atoms with van der Waals surface area (Å²) in [4.78, 5) is 7.33. The number of ether oxygens (including phenoxy) is 3. The number of benzene rings is 1. The van der Waals surface area contributed by atoms with Crippen LogP contribution in [0.3, 0.4) is 0 Å². The van der Waals surface area contributed by atoms with Gasteiger partial charge in [-0.05, 0) is 57.0 Å². The summed E-state index contributed by atoms with van der Waals surface area (Å²) in [6, 6.07) is 4.42. The van der Waals surface area contributed by atoms with Crippen LogP contribution in [0.25, 0.3) is 0 Å². The minimum atomic E-state index is 0.520. The summed E-state index contributed by atoms with van der Waals surface area (Å²) < 4.78 is 16.3. The highest BCUT2D eigenvalue weighted by atomic mass is 16.5. The van der Waals surface area contributed by atoms with E-state index in [4.69, 9.17) is 19.2 Å². The fraction of sp³-hybridized carbons (Fsp3) is 0.667. The fourth-order valence-corrected chi connectivity index (χ4v) is 3.59. The van der Waals surface area contributed by atoms with E-state index in [0.29, 0.717) is 29.8 Å². The number of hydrogen-bond acceptors (Lipinski definition) is 5. The summed E-state index contributed by atoms with van der Waals surface area (Å²) in [6.45, 7) is 8.99. The summed E-state index contributed by atoms with van der Waals surface area (Å²) in [5, 5.41) is 6.84. The van der Waals surface area contributed by atoms with Gasteiger partial charge in [-0.2, -0.15) is 0 Å². The monoisotopic (exact) mass is 392 g/mol. The zero-order chi connectivity index (χ0) is 20.4. The maximum Gasteiger partial charge on any atom is 0.203 e. The number of nitrogens with zero attached hydrogens (tertiary/aromatic N) is 2. The molecule has 0 bridgehead atoms. The molecule has 7 heteroatoms. The molecule has 1 saturated heterocycles. The average Bonchev–Trinajstić information content (AvgIpc) is 3.26. The van der Waals surface area contributed by atoms with Crippen LogP contribution in [0.1, 0.15) is 38.7 Å². The molecule has 2 N–H and O–H groups in total. The van der Waals surface area contributed by atoms with Gasteiger partial charge in [-0.3, -0.25) is 4.90 Å². The van der Waals surface area contributed by atoms with E-state index in [-0.39, 0.29) is 0 Å². The van der Waals surface area contributed by atoms with Gasteiger partial charge in [0.25, 0.3) is 0 Å². The largest absolute Gasteiger partial charge is 0.493 e. The van der Waals surface area contributed by atoms with Crippen LogP contribution in [0.4, 0.5) is 0 Å². The van der Waals surface area contributed by atoms with E-state index in [1.165, 1.54) is 25.9 Å². The smallest absolute Gasteiger partial charge is 0.203 e. The number of hydrogen-bond donors (Lipinski definition) is 2. The van der Waals surface area contributed by atoms with Crippen LogP contribution < -0.4 is 24.8 Å². The van der Waals surface area contributed by atoms with E-state index in [9.17, 15) is 0 Å². The Morgan fingerprint density at radius 3 is 2.18 bits per heavy atom. The van der Waals surface area contributed by atoms with Crippen molar-refractivity contribution in [3.8, 4) is 17.2 Å². The van der Waals surface area contributed by atoms with Gasteiger partial charge in [-0.25, -0.2) is 4.99 Å². The maximum absolute atomic E-state index is 5.43. The third kappa shape index (κ3) is 5.92. The minimum absolute atomic E-state index is 0.520. The Kier molecular flexibility index (Phi) is 9.20. The van der Waals surface area contributed by atoms with Crippen LogP contribution in [-0.2, 0) is 6.54 Å². The molecule has 0 aliphatic carbocycles. The maximum atomic E-state index is 5.43. The topological polar surface area (TPSA) is 67.4 Å². The molecule has 1 fully saturated rings. The molecular weight excluding hydrogens is 356 g/mol. The quantitative estimate of drug-likeness (QED) is 0.471. The van der Waals surface area contributed by atoms with E-state index >= 15 is 0 Å². The van der Waals surface area contributed by atoms with Gasteiger partial charge in [0.15, 0.2) is 17.5 Å². The first-order valence-electron chi connectivity index (χ1n) is 10.2. The summed E-state index contributed by atoms with van der Waals surface area (Å²) in [5.74, 6) is 2.71. The van der Waals surface area contributed by atoms with Crippen LogP contribution in [0.2, 0.25) is 0 Å². The van der Waals surface area contributed by atoms with Crippen molar-refractivity contribution in [3.63, 3.8) is 0 Å². The Labute approximate surface area is 169 Å². The molecule has 0 spiro atoms. The lowest BCUT2D eigenvalue weighted by molar-refractivity contribution is 0.236. The number of likely N-dealkylation sites (tertiary alicyclic amines) is 1. The molecule has 1 heterocycles. The first-order valence-corrected chi connectivity index (χ1v) is 10.2. The lowest BCUT2D eigenvalue weighted by Gasteiger charge is -2.27. The van der Waals surface area contributed by atoms with Gasteiger partial charge in [0.1, 0.15) is 0 Å². The highest BCUT2D eigenvalue weighted by Crippen LogP contribution is 2.38. The number of guanidine groups is 1.